The molecule has 0 aliphatic heterocycles. The van der Waals surface area contributed by atoms with Gasteiger partial charge in [-0.05, 0) is 59.9 Å². The lowest BCUT2D eigenvalue weighted by Crippen LogP contribution is -2.53. The zero-order valence-electron chi connectivity index (χ0n) is 19.9. The van der Waals surface area contributed by atoms with Gasteiger partial charge in [0.2, 0.25) is 0 Å². The van der Waals surface area contributed by atoms with E-state index in [1.165, 1.54) is 19.2 Å². The summed E-state index contributed by atoms with van der Waals surface area (Å²) >= 11 is 0. The van der Waals surface area contributed by atoms with E-state index in [9.17, 15) is 26.7 Å². The molecule has 3 aromatic rings. The van der Waals surface area contributed by atoms with E-state index in [0.29, 0.717) is 24.5 Å². The number of hydrogen-bond acceptors (Lipinski definition) is 2. The largest absolute Gasteiger partial charge is 0.494 e. The molecule has 4 nitrogen and oxygen atoms in total. The van der Waals surface area contributed by atoms with E-state index in [2.05, 4.69) is 10.6 Å². The summed E-state index contributed by atoms with van der Waals surface area (Å²) in [6.45, 7) is 0. The van der Waals surface area contributed by atoms with Gasteiger partial charge in [0, 0.05) is 12.5 Å². The van der Waals surface area contributed by atoms with Crippen molar-refractivity contribution >= 4 is 6.03 Å². The first-order chi connectivity index (χ1) is 17.6. The molecule has 1 atom stereocenters. The van der Waals surface area contributed by atoms with E-state index in [1.54, 1.807) is 30.3 Å². The molecule has 2 amide bonds. The molecule has 37 heavy (non-hydrogen) atoms. The fourth-order valence-corrected chi connectivity index (χ4v) is 4.54. The third-order valence-corrected chi connectivity index (χ3v) is 6.34. The first-order valence-corrected chi connectivity index (χ1v) is 11.6. The van der Waals surface area contributed by atoms with Crippen LogP contribution in [0.25, 0.3) is 0 Å². The van der Waals surface area contributed by atoms with Gasteiger partial charge < -0.3 is 15.4 Å². The number of amides is 2. The van der Waals surface area contributed by atoms with Gasteiger partial charge in [0.1, 0.15) is 5.82 Å². The highest BCUT2D eigenvalue weighted by atomic mass is 19.4. The van der Waals surface area contributed by atoms with Crippen LogP contribution in [0.1, 0.15) is 35.1 Å². The average molecular weight is 517 g/mol. The second kappa shape index (κ2) is 10.6. The van der Waals surface area contributed by atoms with E-state index >= 15 is 0 Å². The van der Waals surface area contributed by atoms with Gasteiger partial charge in [-0.1, -0.05) is 48.6 Å². The third-order valence-electron chi connectivity index (χ3n) is 6.34. The van der Waals surface area contributed by atoms with E-state index in [0.717, 1.165) is 18.2 Å². The molecule has 3 aromatic carbocycles. The van der Waals surface area contributed by atoms with Gasteiger partial charge in [0.05, 0.1) is 18.2 Å². The predicted molar refractivity (Wildman–Crippen MR) is 129 cm³/mol. The maximum absolute atomic E-state index is 14.7. The second-order valence-electron chi connectivity index (χ2n) is 8.88. The van der Waals surface area contributed by atoms with E-state index < -0.39 is 34.9 Å². The van der Waals surface area contributed by atoms with Gasteiger partial charge in [0.15, 0.2) is 11.6 Å². The first kappa shape index (κ1) is 26.2. The van der Waals surface area contributed by atoms with Crippen LogP contribution < -0.4 is 15.4 Å². The highest BCUT2D eigenvalue weighted by Gasteiger charge is 2.40. The van der Waals surface area contributed by atoms with Crippen molar-refractivity contribution in [2.75, 3.05) is 7.11 Å². The standard InChI is InChI=1S/C28H25F5N2O2/c1-37-25-16-19(11-12-24(25)30)27(17-18-7-3-2-4-8-18,35-26(36)34-23-9-5-6-10-23)20-13-21(28(31,32)33)15-22(29)14-20/h2-8,11-16,23H,9-10,17H2,1H3,(H2,34,35,36). The van der Waals surface area contributed by atoms with Crippen LogP contribution in [0.5, 0.6) is 5.75 Å². The van der Waals surface area contributed by atoms with E-state index in [4.69, 9.17) is 4.74 Å². The number of ether oxygens (including phenoxy) is 1. The Labute approximate surface area is 211 Å². The van der Waals surface area contributed by atoms with Crippen molar-refractivity contribution in [2.45, 2.75) is 37.0 Å². The lowest BCUT2D eigenvalue weighted by atomic mass is 9.77. The van der Waals surface area contributed by atoms with Crippen molar-refractivity contribution in [3.8, 4) is 5.75 Å². The monoisotopic (exact) mass is 516 g/mol. The van der Waals surface area contributed by atoms with Crippen molar-refractivity contribution in [2.24, 2.45) is 0 Å². The van der Waals surface area contributed by atoms with Crippen molar-refractivity contribution in [1.29, 1.82) is 0 Å². The van der Waals surface area contributed by atoms with Crippen LogP contribution >= 0.6 is 0 Å². The number of benzene rings is 3. The Morgan fingerprint density at radius 1 is 0.919 bits per heavy atom. The van der Waals surface area contributed by atoms with Crippen LogP contribution in [0.2, 0.25) is 0 Å². The summed E-state index contributed by atoms with van der Waals surface area (Å²) in [4.78, 5) is 13.3. The van der Waals surface area contributed by atoms with E-state index in [-0.39, 0.29) is 29.3 Å². The highest BCUT2D eigenvalue weighted by molar-refractivity contribution is 5.76. The van der Waals surface area contributed by atoms with Gasteiger partial charge >= 0.3 is 12.2 Å². The van der Waals surface area contributed by atoms with Crippen molar-refractivity contribution in [3.05, 3.63) is 113 Å². The molecule has 1 aliphatic carbocycles. The number of alkyl halides is 3. The Balaban J connectivity index is 1.94. The minimum atomic E-state index is -4.84. The molecule has 4 rings (SSSR count). The molecule has 194 valence electrons. The minimum absolute atomic E-state index is 0.0558. The molecule has 0 heterocycles. The highest BCUT2D eigenvalue weighted by Crippen LogP contribution is 2.39. The zero-order chi connectivity index (χ0) is 26.6. The molecule has 0 aromatic heterocycles. The minimum Gasteiger partial charge on any atom is -0.494 e. The fourth-order valence-electron chi connectivity index (χ4n) is 4.54. The summed E-state index contributed by atoms with van der Waals surface area (Å²) in [5.41, 5.74) is -2.23. The first-order valence-electron chi connectivity index (χ1n) is 11.6. The van der Waals surface area contributed by atoms with Gasteiger partial charge in [-0.3, -0.25) is 0 Å². The molecule has 0 fully saturated rings. The molecule has 0 saturated carbocycles. The van der Waals surface area contributed by atoms with Gasteiger partial charge in [-0.25, -0.2) is 13.6 Å². The number of rotatable bonds is 7. The molecule has 0 bridgehead atoms. The van der Waals surface area contributed by atoms with Crippen LogP contribution in [0.3, 0.4) is 0 Å². The Hall–Kier alpha value is -3.88. The average Bonchev–Trinajstić information content (AvgIpc) is 3.36. The summed E-state index contributed by atoms with van der Waals surface area (Å²) in [5.74, 6) is -2.00. The molecule has 0 spiro atoms. The van der Waals surface area contributed by atoms with E-state index in [1.807, 2.05) is 12.2 Å². The maximum Gasteiger partial charge on any atom is 0.416 e. The Kier molecular flexibility index (Phi) is 7.52. The Morgan fingerprint density at radius 2 is 1.59 bits per heavy atom. The smallest absolute Gasteiger partial charge is 0.416 e. The fraction of sp³-hybridized carbons (Fsp3) is 0.250. The molecule has 0 radical (unpaired) electrons. The number of urea groups is 1. The zero-order valence-corrected chi connectivity index (χ0v) is 19.9. The van der Waals surface area contributed by atoms with Gasteiger partial charge in [-0.2, -0.15) is 13.2 Å². The number of nitrogens with one attached hydrogen (secondary N) is 2. The van der Waals surface area contributed by atoms with Gasteiger partial charge in [-0.15, -0.1) is 0 Å². The second-order valence-corrected chi connectivity index (χ2v) is 8.88. The molecule has 2 N–H and O–H groups in total. The summed E-state index contributed by atoms with van der Waals surface area (Å²) < 4.78 is 75.4. The number of carbonyl (C=O) groups excluding carboxylic acids is 1. The molecule has 0 saturated heterocycles. The van der Waals surface area contributed by atoms with Crippen LogP contribution in [0.4, 0.5) is 26.7 Å². The summed E-state index contributed by atoms with van der Waals surface area (Å²) in [7, 11) is 1.25. The lowest BCUT2D eigenvalue weighted by molar-refractivity contribution is -0.137. The Bertz CT molecular complexity index is 1290. The summed E-state index contributed by atoms with van der Waals surface area (Å²) in [5, 5.41) is 5.65. The number of hydrogen-bond donors (Lipinski definition) is 2. The van der Waals surface area contributed by atoms with Crippen molar-refractivity contribution < 1.29 is 31.5 Å². The van der Waals surface area contributed by atoms with Crippen LogP contribution in [0.15, 0.2) is 78.9 Å². The molecule has 1 unspecified atom stereocenters. The van der Waals surface area contributed by atoms with Crippen LogP contribution in [-0.2, 0) is 18.1 Å². The Morgan fingerprint density at radius 3 is 2.24 bits per heavy atom. The third kappa shape index (κ3) is 5.93. The number of halogens is 5. The summed E-state index contributed by atoms with van der Waals surface area (Å²) in [6.07, 6.45) is 0.126. The topological polar surface area (TPSA) is 50.4 Å². The lowest BCUT2D eigenvalue weighted by Gasteiger charge is -2.37. The van der Waals surface area contributed by atoms with Gasteiger partial charge in [0.25, 0.3) is 0 Å². The van der Waals surface area contributed by atoms with Crippen molar-refractivity contribution in [1.82, 2.24) is 10.6 Å². The van der Waals surface area contributed by atoms with Crippen molar-refractivity contribution in [3.63, 3.8) is 0 Å². The molecular formula is C28H25F5N2O2. The maximum atomic E-state index is 14.7. The van der Waals surface area contributed by atoms with Crippen LogP contribution in [0, 0.1) is 11.6 Å². The summed E-state index contributed by atoms with van der Waals surface area (Å²) in [6, 6.07) is 13.7. The molecule has 1 aliphatic rings. The number of carbonyl (C=O) groups is 1. The molecular weight excluding hydrogens is 491 g/mol. The SMILES string of the molecule is COc1cc(C(Cc2ccccc2)(NC(=O)NC2CC=CC2)c2cc(F)cc(C(F)(F)F)c2)ccc1F. The normalized spacial score (nSPS) is 15.3. The molecule has 9 heteroatoms. The van der Waals surface area contributed by atoms with Crippen LogP contribution in [-0.4, -0.2) is 19.2 Å². The predicted octanol–water partition coefficient (Wildman–Crippen LogP) is 6.50. The number of methoxy groups -OCH3 is 1. The quantitative estimate of drug-likeness (QED) is 0.278.